The Morgan fingerprint density at radius 2 is 2.11 bits per heavy atom. The highest BCUT2D eigenvalue weighted by atomic mass is 79.9. The fourth-order valence-electron chi connectivity index (χ4n) is 1.63. The van der Waals surface area contributed by atoms with Crippen LogP contribution in [0, 0.1) is 0 Å². The summed E-state index contributed by atoms with van der Waals surface area (Å²) >= 11 is 4.98. The molecule has 1 heterocycles. The zero-order valence-electron chi connectivity index (χ0n) is 9.91. The zero-order chi connectivity index (χ0) is 13.7. The second-order valence-corrected chi connectivity index (χ2v) is 5.76. The Bertz CT molecular complexity index is 519. The maximum atomic E-state index is 12.3. The van der Waals surface area contributed by atoms with Crippen molar-refractivity contribution in [1.82, 2.24) is 5.32 Å². The molecule has 0 saturated heterocycles. The summed E-state index contributed by atoms with van der Waals surface area (Å²) in [5, 5.41) is 5.21. The maximum absolute atomic E-state index is 12.3. The maximum Gasteiger partial charge on any atom is 0.387 e. The van der Waals surface area contributed by atoms with Gasteiger partial charge in [0.1, 0.15) is 5.75 Å². The molecule has 2 aromatic rings. The molecule has 102 valence electrons. The normalized spacial score (nSPS) is 10.9. The number of nitrogens with one attached hydrogen (secondary N) is 1. The summed E-state index contributed by atoms with van der Waals surface area (Å²) < 4.78 is 29.9. The monoisotopic (exact) mass is 347 g/mol. The van der Waals surface area contributed by atoms with E-state index in [9.17, 15) is 8.78 Å². The minimum Gasteiger partial charge on any atom is -0.434 e. The van der Waals surface area contributed by atoms with Gasteiger partial charge in [0, 0.05) is 28.0 Å². The molecule has 0 atom stereocenters. The highest BCUT2D eigenvalue weighted by Gasteiger charge is 2.10. The van der Waals surface area contributed by atoms with Crippen molar-refractivity contribution in [1.29, 1.82) is 0 Å². The second kappa shape index (κ2) is 6.98. The number of benzene rings is 1. The van der Waals surface area contributed by atoms with Crippen LogP contribution in [0.25, 0.3) is 0 Å². The van der Waals surface area contributed by atoms with Crippen LogP contribution in [0.1, 0.15) is 10.4 Å². The van der Waals surface area contributed by atoms with Crippen LogP contribution in [0.3, 0.4) is 0 Å². The quantitative estimate of drug-likeness (QED) is 0.835. The third-order valence-electron chi connectivity index (χ3n) is 2.43. The first kappa shape index (κ1) is 14.4. The molecule has 6 heteroatoms. The predicted molar refractivity (Wildman–Crippen MR) is 75.6 cm³/mol. The van der Waals surface area contributed by atoms with Gasteiger partial charge >= 0.3 is 6.61 Å². The van der Waals surface area contributed by atoms with Crippen molar-refractivity contribution in [3.63, 3.8) is 0 Å². The summed E-state index contributed by atoms with van der Waals surface area (Å²) in [5.74, 6) is 0.205. The van der Waals surface area contributed by atoms with E-state index in [1.807, 2.05) is 17.5 Å². The van der Waals surface area contributed by atoms with Crippen molar-refractivity contribution in [3.05, 3.63) is 50.6 Å². The van der Waals surface area contributed by atoms with Crippen LogP contribution < -0.4 is 10.1 Å². The van der Waals surface area contributed by atoms with Gasteiger partial charge in [-0.2, -0.15) is 8.78 Å². The summed E-state index contributed by atoms with van der Waals surface area (Å²) in [6.45, 7) is -1.63. The Hall–Kier alpha value is -0.980. The lowest BCUT2D eigenvalue weighted by Gasteiger charge is -2.11. The molecule has 0 fully saturated rings. The Balaban J connectivity index is 1.99. The third-order valence-corrected chi connectivity index (χ3v) is 3.80. The van der Waals surface area contributed by atoms with E-state index in [-0.39, 0.29) is 5.75 Å². The van der Waals surface area contributed by atoms with Crippen molar-refractivity contribution >= 4 is 27.3 Å². The van der Waals surface area contributed by atoms with Gasteiger partial charge in [0.05, 0.1) is 0 Å². The first-order valence-electron chi connectivity index (χ1n) is 5.61. The molecule has 0 radical (unpaired) electrons. The topological polar surface area (TPSA) is 21.3 Å². The standard InChI is InChI=1S/C13H12BrF2NOS/c14-10-3-4-12(18-13(15)16)9(6-10)7-17-8-11-2-1-5-19-11/h1-6,13,17H,7-8H2. The van der Waals surface area contributed by atoms with Gasteiger partial charge in [-0.25, -0.2) is 0 Å². The van der Waals surface area contributed by atoms with Gasteiger partial charge in [-0.15, -0.1) is 11.3 Å². The lowest BCUT2D eigenvalue weighted by molar-refractivity contribution is -0.0505. The summed E-state index contributed by atoms with van der Waals surface area (Å²) in [5.41, 5.74) is 0.700. The van der Waals surface area contributed by atoms with E-state index < -0.39 is 6.61 Å². The molecule has 0 aliphatic heterocycles. The number of ether oxygens (including phenoxy) is 1. The Kier molecular flexibility index (Phi) is 5.30. The highest BCUT2D eigenvalue weighted by Crippen LogP contribution is 2.24. The van der Waals surface area contributed by atoms with Gasteiger partial charge in [-0.1, -0.05) is 22.0 Å². The predicted octanol–water partition coefficient (Wildman–Crippen LogP) is 4.40. The first-order valence-corrected chi connectivity index (χ1v) is 7.29. The zero-order valence-corrected chi connectivity index (χ0v) is 12.3. The van der Waals surface area contributed by atoms with Crippen LogP contribution in [0.2, 0.25) is 0 Å². The molecule has 1 aromatic carbocycles. The Morgan fingerprint density at radius 1 is 1.26 bits per heavy atom. The van der Waals surface area contributed by atoms with Crippen molar-refractivity contribution in [2.45, 2.75) is 19.7 Å². The molecular weight excluding hydrogens is 336 g/mol. The summed E-state index contributed by atoms with van der Waals surface area (Å²) in [6, 6.07) is 9.00. The largest absolute Gasteiger partial charge is 0.434 e. The average Bonchev–Trinajstić information content (AvgIpc) is 2.85. The average molecular weight is 348 g/mol. The molecule has 2 rings (SSSR count). The van der Waals surface area contributed by atoms with E-state index in [1.54, 1.807) is 29.5 Å². The third kappa shape index (κ3) is 4.56. The SMILES string of the molecule is FC(F)Oc1ccc(Br)cc1CNCc1cccs1. The molecule has 0 saturated carbocycles. The van der Waals surface area contributed by atoms with Gasteiger partial charge in [0.2, 0.25) is 0 Å². The van der Waals surface area contributed by atoms with Crippen molar-refractivity contribution in [2.75, 3.05) is 0 Å². The molecule has 1 aromatic heterocycles. The van der Waals surface area contributed by atoms with Gasteiger partial charge in [0.25, 0.3) is 0 Å². The number of alkyl halides is 2. The summed E-state index contributed by atoms with van der Waals surface area (Å²) in [4.78, 5) is 1.20. The van der Waals surface area contributed by atoms with Crippen LogP contribution in [-0.2, 0) is 13.1 Å². The summed E-state index contributed by atoms with van der Waals surface area (Å²) in [7, 11) is 0. The number of thiophene rings is 1. The molecule has 1 N–H and O–H groups in total. The smallest absolute Gasteiger partial charge is 0.387 e. The number of halogens is 3. The lowest BCUT2D eigenvalue weighted by atomic mass is 10.2. The van der Waals surface area contributed by atoms with E-state index in [0.29, 0.717) is 18.7 Å². The van der Waals surface area contributed by atoms with E-state index in [0.717, 1.165) is 4.47 Å². The lowest BCUT2D eigenvalue weighted by Crippen LogP contribution is -2.14. The number of hydrogen-bond acceptors (Lipinski definition) is 3. The molecule has 2 nitrogen and oxygen atoms in total. The Labute approximate surface area is 122 Å². The van der Waals surface area contributed by atoms with E-state index in [2.05, 4.69) is 26.0 Å². The van der Waals surface area contributed by atoms with Gasteiger partial charge in [-0.05, 0) is 29.6 Å². The summed E-state index contributed by atoms with van der Waals surface area (Å²) in [6.07, 6.45) is 0. The van der Waals surface area contributed by atoms with Crippen LogP contribution in [-0.4, -0.2) is 6.61 Å². The minimum absolute atomic E-state index is 0.205. The fourth-order valence-corrected chi connectivity index (χ4v) is 2.71. The van der Waals surface area contributed by atoms with E-state index in [4.69, 9.17) is 0 Å². The van der Waals surface area contributed by atoms with Crippen LogP contribution in [0.15, 0.2) is 40.2 Å². The molecule has 0 aliphatic rings. The van der Waals surface area contributed by atoms with Gasteiger partial charge in [-0.3, -0.25) is 0 Å². The molecule has 0 bridgehead atoms. The molecule has 0 aliphatic carbocycles. The first-order chi connectivity index (χ1) is 9.15. The molecule has 0 spiro atoms. The van der Waals surface area contributed by atoms with Crippen LogP contribution in [0.5, 0.6) is 5.75 Å². The van der Waals surface area contributed by atoms with E-state index in [1.165, 1.54) is 4.88 Å². The highest BCUT2D eigenvalue weighted by molar-refractivity contribution is 9.10. The van der Waals surface area contributed by atoms with Gasteiger partial charge < -0.3 is 10.1 Å². The van der Waals surface area contributed by atoms with E-state index >= 15 is 0 Å². The minimum atomic E-state index is -2.81. The van der Waals surface area contributed by atoms with Crippen molar-refractivity contribution in [2.24, 2.45) is 0 Å². The Morgan fingerprint density at radius 3 is 2.79 bits per heavy atom. The van der Waals surface area contributed by atoms with Crippen LogP contribution >= 0.6 is 27.3 Å². The van der Waals surface area contributed by atoms with Crippen molar-refractivity contribution in [3.8, 4) is 5.75 Å². The molecular formula is C13H12BrF2NOS. The van der Waals surface area contributed by atoms with Crippen LogP contribution in [0.4, 0.5) is 8.78 Å². The van der Waals surface area contributed by atoms with Crippen molar-refractivity contribution < 1.29 is 13.5 Å². The van der Waals surface area contributed by atoms with Gasteiger partial charge in [0.15, 0.2) is 0 Å². The number of rotatable bonds is 6. The molecule has 0 amide bonds. The number of hydrogen-bond donors (Lipinski definition) is 1. The second-order valence-electron chi connectivity index (χ2n) is 3.81. The molecule has 19 heavy (non-hydrogen) atoms. The molecule has 0 unspecified atom stereocenters. The fraction of sp³-hybridized carbons (Fsp3) is 0.231.